The summed E-state index contributed by atoms with van der Waals surface area (Å²) in [5, 5.41) is 10.7. The summed E-state index contributed by atoms with van der Waals surface area (Å²) in [6.07, 6.45) is 0. The Balaban J connectivity index is 2.87. The molecule has 0 saturated carbocycles. The van der Waals surface area contributed by atoms with Crippen molar-refractivity contribution in [2.75, 3.05) is 13.7 Å². The smallest absolute Gasteiger partial charge is 0.328 e. The van der Waals surface area contributed by atoms with Crippen LogP contribution in [0.5, 0.6) is 0 Å². The van der Waals surface area contributed by atoms with E-state index in [2.05, 4.69) is 10.1 Å². The van der Waals surface area contributed by atoms with Gasteiger partial charge in [-0.3, -0.25) is 4.79 Å². The molecular formula is C11H11ClFNO4. The number of hydrogen-bond donors (Lipinski definition) is 2. The number of carboxylic acid groups (broad SMARTS) is 1. The highest BCUT2D eigenvalue weighted by Crippen LogP contribution is 2.19. The molecule has 0 saturated heterocycles. The molecule has 0 aliphatic rings. The number of nitrogens with one attached hydrogen (secondary N) is 1. The molecule has 0 radical (unpaired) electrons. The van der Waals surface area contributed by atoms with Crippen molar-refractivity contribution in [3.63, 3.8) is 0 Å². The molecule has 0 fully saturated rings. The van der Waals surface area contributed by atoms with Crippen molar-refractivity contribution in [2.24, 2.45) is 0 Å². The van der Waals surface area contributed by atoms with Crippen LogP contribution in [-0.2, 0) is 9.53 Å². The number of aliphatic carboxylic acids is 1. The molecule has 0 aromatic heterocycles. The summed E-state index contributed by atoms with van der Waals surface area (Å²) >= 11 is 5.61. The molecule has 0 heterocycles. The first kappa shape index (κ1) is 14.4. The van der Waals surface area contributed by atoms with Gasteiger partial charge in [-0.15, -0.1) is 0 Å². The zero-order valence-electron chi connectivity index (χ0n) is 9.44. The molecule has 1 amide bonds. The standard InChI is InChI=1S/C11H11ClFNO4/c1-18-5-8(11(16)17)14-10(15)6-3-2-4-7(13)9(6)12/h2-4,8H,5H2,1H3,(H,14,15)(H,16,17). The number of carbonyl (C=O) groups excluding carboxylic acids is 1. The molecule has 1 aromatic carbocycles. The van der Waals surface area contributed by atoms with Crippen LogP contribution in [0.1, 0.15) is 10.4 Å². The third-order valence-corrected chi connectivity index (χ3v) is 2.52. The molecule has 1 atom stereocenters. The van der Waals surface area contributed by atoms with Gasteiger partial charge >= 0.3 is 5.97 Å². The highest BCUT2D eigenvalue weighted by molar-refractivity contribution is 6.34. The van der Waals surface area contributed by atoms with Gasteiger partial charge in [-0.1, -0.05) is 17.7 Å². The number of hydrogen-bond acceptors (Lipinski definition) is 3. The molecule has 0 aliphatic carbocycles. The van der Waals surface area contributed by atoms with Crippen molar-refractivity contribution in [1.82, 2.24) is 5.32 Å². The monoisotopic (exact) mass is 275 g/mol. The molecule has 1 unspecified atom stereocenters. The number of benzene rings is 1. The maximum Gasteiger partial charge on any atom is 0.328 e. The fourth-order valence-electron chi connectivity index (χ4n) is 1.26. The molecule has 1 rings (SSSR count). The molecule has 5 nitrogen and oxygen atoms in total. The minimum atomic E-state index is -1.25. The molecule has 2 N–H and O–H groups in total. The second-order valence-corrected chi connectivity index (χ2v) is 3.80. The van der Waals surface area contributed by atoms with Crippen molar-refractivity contribution in [3.05, 3.63) is 34.6 Å². The van der Waals surface area contributed by atoms with Crippen molar-refractivity contribution in [3.8, 4) is 0 Å². The maximum atomic E-state index is 13.1. The second kappa shape index (κ2) is 6.32. The van der Waals surface area contributed by atoms with Gasteiger partial charge in [0.25, 0.3) is 5.91 Å². The Morgan fingerprint density at radius 2 is 2.22 bits per heavy atom. The molecule has 18 heavy (non-hydrogen) atoms. The molecule has 0 aliphatic heterocycles. The average Bonchev–Trinajstić information content (AvgIpc) is 2.31. The van der Waals surface area contributed by atoms with E-state index in [4.69, 9.17) is 16.7 Å². The van der Waals surface area contributed by atoms with Gasteiger partial charge in [0.1, 0.15) is 5.82 Å². The number of methoxy groups -OCH3 is 1. The van der Waals surface area contributed by atoms with Crippen molar-refractivity contribution in [1.29, 1.82) is 0 Å². The van der Waals surface area contributed by atoms with E-state index < -0.39 is 23.7 Å². The van der Waals surface area contributed by atoms with Gasteiger partial charge in [0, 0.05) is 7.11 Å². The third kappa shape index (κ3) is 3.41. The van der Waals surface area contributed by atoms with Crippen LogP contribution in [0.3, 0.4) is 0 Å². The first-order valence-corrected chi connectivity index (χ1v) is 5.31. The second-order valence-electron chi connectivity index (χ2n) is 3.42. The highest BCUT2D eigenvalue weighted by atomic mass is 35.5. The van der Waals surface area contributed by atoms with E-state index in [-0.39, 0.29) is 17.2 Å². The van der Waals surface area contributed by atoms with Gasteiger partial charge in [0.15, 0.2) is 6.04 Å². The quantitative estimate of drug-likeness (QED) is 0.849. The first-order chi connectivity index (χ1) is 8.47. The Labute approximate surface area is 108 Å². The first-order valence-electron chi connectivity index (χ1n) is 4.94. The lowest BCUT2D eigenvalue weighted by molar-refractivity contribution is -0.140. The van der Waals surface area contributed by atoms with Crippen LogP contribution in [0.4, 0.5) is 4.39 Å². The lowest BCUT2D eigenvalue weighted by atomic mass is 10.2. The lowest BCUT2D eigenvalue weighted by Gasteiger charge is -2.14. The molecular weight excluding hydrogens is 265 g/mol. The zero-order valence-corrected chi connectivity index (χ0v) is 10.2. The normalized spacial score (nSPS) is 11.9. The molecule has 0 bridgehead atoms. The van der Waals surface area contributed by atoms with E-state index >= 15 is 0 Å². The fourth-order valence-corrected chi connectivity index (χ4v) is 1.47. The predicted octanol–water partition coefficient (Wildman–Crippen LogP) is 1.31. The van der Waals surface area contributed by atoms with Crippen molar-refractivity contribution < 1.29 is 23.8 Å². The Hall–Kier alpha value is -1.66. The minimum absolute atomic E-state index is 0.126. The molecule has 1 aromatic rings. The molecule has 0 spiro atoms. The highest BCUT2D eigenvalue weighted by Gasteiger charge is 2.22. The van der Waals surface area contributed by atoms with Crippen LogP contribution in [0.25, 0.3) is 0 Å². The van der Waals surface area contributed by atoms with E-state index in [0.29, 0.717) is 0 Å². The fraction of sp³-hybridized carbons (Fsp3) is 0.273. The number of carboxylic acids is 1. The van der Waals surface area contributed by atoms with Crippen LogP contribution in [0.15, 0.2) is 18.2 Å². The van der Waals surface area contributed by atoms with E-state index in [9.17, 15) is 14.0 Å². The van der Waals surface area contributed by atoms with Crippen LogP contribution < -0.4 is 5.32 Å². The maximum absolute atomic E-state index is 13.1. The van der Waals surface area contributed by atoms with E-state index in [0.717, 1.165) is 6.07 Å². The molecule has 98 valence electrons. The lowest BCUT2D eigenvalue weighted by Crippen LogP contribution is -2.43. The SMILES string of the molecule is COCC(NC(=O)c1cccc(F)c1Cl)C(=O)O. The summed E-state index contributed by atoms with van der Waals surface area (Å²) in [6, 6.07) is 2.49. The molecule has 7 heteroatoms. The number of carbonyl (C=O) groups is 2. The van der Waals surface area contributed by atoms with Gasteiger partial charge in [-0.2, -0.15) is 0 Å². The van der Waals surface area contributed by atoms with Gasteiger partial charge in [0.2, 0.25) is 0 Å². The average molecular weight is 276 g/mol. The summed E-state index contributed by atoms with van der Waals surface area (Å²) in [7, 11) is 1.30. The number of halogens is 2. The van der Waals surface area contributed by atoms with Gasteiger partial charge < -0.3 is 15.2 Å². The Morgan fingerprint density at radius 1 is 1.56 bits per heavy atom. The summed E-state index contributed by atoms with van der Waals surface area (Å²) in [5.74, 6) is -2.77. The van der Waals surface area contributed by atoms with Crippen LogP contribution >= 0.6 is 11.6 Å². The van der Waals surface area contributed by atoms with Crippen LogP contribution in [0.2, 0.25) is 5.02 Å². The van der Waals surface area contributed by atoms with E-state index in [1.54, 1.807) is 0 Å². The van der Waals surface area contributed by atoms with Crippen molar-refractivity contribution >= 4 is 23.5 Å². The summed E-state index contributed by atoms with van der Waals surface area (Å²) in [4.78, 5) is 22.5. The third-order valence-electron chi connectivity index (χ3n) is 2.13. The Bertz CT molecular complexity index is 466. The zero-order chi connectivity index (χ0) is 13.7. The summed E-state index contributed by atoms with van der Waals surface area (Å²) < 4.78 is 17.8. The summed E-state index contributed by atoms with van der Waals surface area (Å²) in [5.41, 5.74) is -0.126. The predicted molar refractivity (Wildman–Crippen MR) is 62.2 cm³/mol. The Kier molecular flexibility index (Phi) is 5.06. The number of amides is 1. The van der Waals surface area contributed by atoms with Gasteiger partial charge in [-0.05, 0) is 12.1 Å². The van der Waals surface area contributed by atoms with E-state index in [1.165, 1.54) is 19.2 Å². The van der Waals surface area contributed by atoms with Crippen molar-refractivity contribution in [2.45, 2.75) is 6.04 Å². The number of ether oxygens (including phenoxy) is 1. The number of rotatable bonds is 5. The Morgan fingerprint density at radius 3 is 2.78 bits per heavy atom. The van der Waals surface area contributed by atoms with Gasteiger partial charge in [-0.25, -0.2) is 9.18 Å². The van der Waals surface area contributed by atoms with Crippen LogP contribution in [-0.4, -0.2) is 36.7 Å². The topological polar surface area (TPSA) is 75.6 Å². The van der Waals surface area contributed by atoms with E-state index in [1.807, 2.05) is 0 Å². The van der Waals surface area contributed by atoms with Gasteiger partial charge in [0.05, 0.1) is 17.2 Å². The summed E-state index contributed by atoms with van der Waals surface area (Å²) in [6.45, 7) is -0.200. The largest absolute Gasteiger partial charge is 0.480 e. The minimum Gasteiger partial charge on any atom is -0.480 e. The van der Waals surface area contributed by atoms with Crippen LogP contribution in [0, 0.1) is 5.82 Å².